The fourth-order valence-corrected chi connectivity index (χ4v) is 1.52. The van der Waals surface area contributed by atoms with Crippen LogP contribution in [0, 0.1) is 11.8 Å². The summed E-state index contributed by atoms with van der Waals surface area (Å²) in [6, 6.07) is 0. The number of ether oxygens (including phenoxy) is 1. The third kappa shape index (κ3) is 1.65. The summed E-state index contributed by atoms with van der Waals surface area (Å²) in [6.45, 7) is 3.97. The van der Waals surface area contributed by atoms with Gasteiger partial charge in [0.15, 0.2) is 0 Å². The van der Waals surface area contributed by atoms with Crippen molar-refractivity contribution in [1.29, 1.82) is 0 Å². The first-order chi connectivity index (χ1) is 5.66. The molecule has 12 heavy (non-hydrogen) atoms. The van der Waals surface area contributed by atoms with Gasteiger partial charge in [0.2, 0.25) is 0 Å². The topological polar surface area (TPSA) is 43.4 Å². The second kappa shape index (κ2) is 3.70. The second-order valence-corrected chi connectivity index (χ2v) is 3.19. The van der Waals surface area contributed by atoms with Gasteiger partial charge >= 0.3 is 5.97 Å². The van der Waals surface area contributed by atoms with Gasteiger partial charge in [0.25, 0.3) is 0 Å². The number of carbonyl (C=O) groups excluding carboxylic acids is 2. The number of esters is 1. The molecule has 0 bridgehead atoms. The largest absolute Gasteiger partial charge is 0.465 e. The SMILES string of the molecule is CCOC(=O)[C@@H]1CC[C@H](C)C1=O. The lowest BCUT2D eigenvalue weighted by atomic mass is 10.1. The molecule has 3 heteroatoms. The number of hydrogen-bond donors (Lipinski definition) is 0. The van der Waals surface area contributed by atoms with Crippen LogP contribution in [0.25, 0.3) is 0 Å². The lowest BCUT2D eigenvalue weighted by Crippen LogP contribution is -2.23. The lowest BCUT2D eigenvalue weighted by molar-refractivity contribution is -0.150. The van der Waals surface area contributed by atoms with Crippen LogP contribution in [-0.2, 0) is 14.3 Å². The van der Waals surface area contributed by atoms with E-state index in [1.807, 2.05) is 6.92 Å². The Kier molecular flexibility index (Phi) is 2.84. The molecule has 1 fully saturated rings. The third-order valence-electron chi connectivity index (χ3n) is 2.29. The molecule has 0 N–H and O–H groups in total. The molecule has 1 saturated carbocycles. The molecule has 0 radical (unpaired) electrons. The van der Waals surface area contributed by atoms with E-state index >= 15 is 0 Å². The van der Waals surface area contributed by atoms with Crippen LogP contribution in [-0.4, -0.2) is 18.4 Å². The maximum absolute atomic E-state index is 11.3. The maximum atomic E-state index is 11.3. The zero-order valence-corrected chi connectivity index (χ0v) is 7.50. The molecule has 0 saturated heterocycles. The average molecular weight is 170 g/mol. The van der Waals surface area contributed by atoms with Gasteiger partial charge in [-0.15, -0.1) is 0 Å². The van der Waals surface area contributed by atoms with Crippen molar-refractivity contribution in [3.63, 3.8) is 0 Å². The zero-order valence-electron chi connectivity index (χ0n) is 7.50. The van der Waals surface area contributed by atoms with Gasteiger partial charge in [-0.25, -0.2) is 0 Å². The van der Waals surface area contributed by atoms with Gasteiger partial charge in [-0.05, 0) is 19.8 Å². The number of carbonyl (C=O) groups is 2. The van der Waals surface area contributed by atoms with Gasteiger partial charge in [-0.2, -0.15) is 0 Å². The maximum Gasteiger partial charge on any atom is 0.316 e. The molecule has 1 aliphatic carbocycles. The number of Topliss-reactive ketones (excluding diaryl/α,β-unsaturated/α-hetero) is 1. The molecule has 0 aromatic rings. The molecule has 0 aromatic heterocycles. The van der Waals surface area contributed by atoms with Crippen LogP contribution in [0.1, 0.15) is 26.7 Å². The van der Waals surface area contributed by atoms with Crippen molar-refractivity contribution in [1.82, 2.24) is 0 Å². The molecule has 0 aliphatic heterocycles. The summed E-state index contributed by atoms with van der Waals surface area (Å²) in [6.07, 6.45) is 1.49. The predicted molar refractivity (Wildman–Crippen MR) is 43.5 cm³/mol. The highest BCUT2D eigenvalue weighted by atomic mass is 16.5. The van der Waals surface area contributed by atoms with E-state index in [4.69, 9.17) is 4.74 Å². The molecular formula is C9H14O3. The molecular weight excluding hydrogens is 156 g/mol. The van der Waals surface area contributed by atoms with Crippen LogP contribution >= 0.6 is 0 Å². The van der Waals surface area contributed by atoms with Crippen LogP contribution in [0.15, 0.2) is 0 Å². The highest BCUT2D eigenvalue weighted by Crippen LogP contribution is 2.27. The average Bonchev–Trinajstić information content (AvgIpc) is 2.34. The Morgan fingerprint density at radius 1 is 1.58 bits per heavy atom. The molecule has 2 atom stereocenters. The smallest absolute Gasteiger partial charge is 0.316 e. The minimum Gasteiger partial charge on any atom is -0.465 e. The van der Waals surface area contributed by atoms with E-state index in [2.05, 4.69) is 0 Å². The van der Waals surface area contributed by atoms with E-state index < -0.39 is 5.92 Å². The van der Waals surface area contributed by atoms with Gasteiger partial charge in [0, 0.05) is 5.92 Å². The Morgan fingerprint density at radius 3 is 2.67 bits per heavy atom. The van der Waals surface area contributed by atoms with Crippen molar-refractivity contribution in [2.75, 3.05) is 6.61 Å². The first-order valence-corrected chi connectivity index (χ1v) is 4.37. The molecule has 0 unspecified atom stereocenters. The zero-order chi connectivity index (χ0) is 9.14. The summed E-state index contributed by atoms with van der Waals surface area (Å²) >= 11 is 0. The normalized spacial score (nSPS) is 29.0. The Hall–Kier alpha value is -0.860. The summed E-state index contributed by atoms with van der Waals surface area (Å²) in [4.78, 5) is 22.5. The minimum atomic E-state index is -0.472. The lowest BCUT2D eigenvalue weighted by Gasteiger charge is -2.06. The number of rotatable bonds is 2. The van der Waals surface area contributed by atoms with Crippen LogP contribution in [0.3, 0.4) is 0 Å². The van der Waals surface area contributed by atoms with Crippen LogP contribution < -0.4 is 0 Å². The van der Waals surface area contributed by atoms with Crippen molar-refractivity contribution in [2.24, 2.45) is 11.8 Å². The quantitative estimate of drug-likeness (QED) is 0.461. The summed E-state index contributed by atoms with van der Waals surface area (Å²) in [7, 11) is 0. The van der Waals surface area contributed by atoms with Gasteiger partial charge in [-0.1, -0.05) is 6.92 Å². The Balaban J connectivity index is 2.53. The minimum absolute atomic E-state index is 0.0411. The second-order valence-electron chi connectivity index (χ2n) is 3.19. The van der Waals surface area contributed by atoms with Crippen molar-refractivity contribution in [3.8, 4) is 0 Å². The van der Waals surface area contributed by atoms with Gasteiger partial charge < -0.3 is 4.74 Å². The number of ketones is 1. The highest BCUT2D eigenvalue weighted by Gasteiger charge is 2.36. The van der Waals surface area contributed by atoms with Crippen molar-refractivity contribution in [3.05, 3.63) is 0 Å². The van der Waals surface area contributed by atoms with E-state index in [1.165, 1.54) is 0 Å². The molecule has 1 aliphatic rings. The summed E-state index contributed by atoms with van der Waals surface area (Å²) in [5.41, 5.74) is 0. The van der Waals surface area contributed by atoms with E-state index in [0.29, 0.717) is 13.0 Å². The van der Waals surface area contributed by atoms with Crippen molar-refractivity contribution < 1.29 is 14.3 Å². The van der Waals surface area contributed by atoms with Gasteiger partial charge in [0.1, 0.15) is 11.7 Å². The summed E-state index contributed by atoms with van der Waals surface area (Å²) in [5.74, 6) is -0.723. The first kappa shape index (κ1) is 9.23. The monoisotopic (exact) mass is 170 g/mol. The molecule has 0 aromatic carbocycles. The predicted octanol–water partition coefficient (Wildman–Crippen LogP) is 1.16. The van der Waals surface area contributed by atoms with Crippen LogP contribution in [0.2, 0.25) is 0 Å². The van der Waals surface area contributed by atoms with E-state index in [1.54, 1.807) is 6.92 Å². The standard InChI is InChI=1S/C9H14O3/c1-3-12-9(11)7-5-4-6(2)8(7)10/h6-7H,3-5H2,1-2H3/t6-,7+/m0/s1. The number of hydrogen-bond acceptors (Lipinski definition) is 3. The highest BCUT2D eigenvalue weighted by molar-refractivity contribution is 6.01. The summed E-state index contributed by atoms with van der Waals surface area (Å²) in [5, 5.41) is 0. The molecule has 0 heterocycles. The van der Waals surface area contributed by atoms with Gasteiger partial charge in [0.05, 0.1) is 6.61 Å². The van der Waals surface area contributed by atoms with E-state index in [-0.39, 0.29) is 17.7 Å². The Morgan fingerprint density at radius 2 is 2.25 bits per heavy atom. The van der Waals surface area contributed by atoms with Gasteiger partial charge in [-0.3, -0.25) is 9.59 Å². The van der Waals surface area contributed by atoms with Crippen molar-refractivity contribution >= 4 is 11.8 Å². The summed E-state index contributed by atoms with van der Waals surface area (Å²) < 4.78 is 4.78. The molecule has 0 spiro atoms. The van der Waals surface area contributed by atoms with Crippen LogP contribution in [0.5, 0.6) is 0 Å². The van der Waals surface area contributed by atoms with Crippen molar-refractivity contribution in [2.45, 2.75) is 26.7 Å². The van der Waals surface area contributed by atoms with Crippen LogP contribution in [0.4, 0.5) is 0 Å². The molecule has 1 rings (SSSR count). The molecule has 3 nitrogen and oxygen atoms in total. The fourth-order valence-electron chi connectivity index (χ4n) is 1.52. The fraction of sp³-hybridized carbons (Fsp3) is 0.778. The van der Waals surface area contributed by atoms with E-state index in [0.717, 1.165) is 6.42 Å². The Labute approximate surface area is 72.1 Å². The third-order valence-corrected chi connectivity index (χ3v) is 2.29. The first-order valence-electron chi connectivity index (χ1n) is 4.37. The Bertz CT molecular complexity index is 198. The molecule has 0 amide bonds. The molecule has 68 valence electrons. The van der Waals surface area contributed by atoms with E-state index in [9.17, 15) is 9.59 Å².